The van der Waals surface area contributed by atoms with Gasteiger partial charge in [-0.25, -0.2) is 0 Å². The van der Waals surface area contributed by atoms with E-state index >= 15 is 0 Å². The average Bonchev–Trinajstić information content (AvgIpc) is 2.31. The second-order valence-electron chi connectivity index (χ2n) is 6.26. The Balaban J connectivity index is 2.05. The van der Waals surface area contributed by atoms with Crippen molar-refractivity contribution in [2.45, 2.75) is 45.6 Å². The lowest BCUT2D eigenvalue weighted by molar-refractivity contribution is -0.0270. The van der Waals surface area contributed by atoms with Gasteiger partial charge in [-0.3, -0.25) is 4.90 Å². The summed E-state index contributed by atoms with van der Waals surface area (Å²) >= 11 is 0. The van der Waals surface area contributed by atoms with Gasteiger partial charge in [0.15, 0.2) is 0 Å². The fraction of sp³-hybridized carbons (Fsp3) is 0.625. The number of aryl methyl sites for hydroxylation is 1. The van der Waals surface area contributed by atoms with Crippen LogP contribution in [0.15, 0.2) is 24.3 Å². The minimum Gasteiger partial charge on any atom is -0.300 e. The van der Waals surface area contributed by atoms with Crippen LogP contribution < -0.4 is 0 Å². The van der Waals surface area contributed by atoms with Crippen LogP contribution in [0.4, 0.5) is 0 Å². The lowest BCUT2D eigenvalue weighted by Gasteiger charge is -2.56. The number of nitrogens with zero attached hydrogens (tertiary/aromatic N) is 1. The summed E-state index contributed by atoms with van der Waals surface area (Å²) in [7, 11) is 0. The predicted octanol–water partition coefficient (Wildman–Crippen LogP) is 3.58. The zero-order valence-corrected chi connectivity index (χ0v) is 11.2. The van der Waals surface area contributed by atoms with Crippen molar-refractivity contribution in [1.29, 1.82) is 0 Å². The molecule has 0 amide bonds. The van der Waals surface area contributed by atoms with Crippen molar-refractivity contribution in [3.8, 4) is 0 Å². The zero-order chi connectivity index (χ0) is 12.0. The van der Waals surface area contributed by atoms with E-state index in [0.717, 1.165) is 5.92 Å². The van der Waals surface area contributed by atoms with Gasteiger partial charge in [-0.1, -0.05) is 31.2 Å². The van der Waals surface area contributed by atoms with Gasteiger partial charge in [0.05, 0.1) is 0 Å². The highest BCUT2D eigenvalue weighted by molar-refractivity contribution is 5.33. The summed E-state index contributed by atoms with van der Waals surface area (Å²) < 4.78 is 0. The Morgan fingerprint density at radius 2 is 1.82 bits per heavy atom. The van der Waals surface area contributed by atoms with Gasteiger partial charge in [0.2, 0.25) is 0 Å². The Morgan fingerprint density at radius 3 is 2.41 bits per heavy atom. The van der Waals surface area contributed by atoms with Crippen LogP contribution in [0.25, 0.3) is 0 Å². The van der Waals surface area contributed by atoms with Crippen LogP contribution in [0, 0.1) is 12.3 Å². The Labute approximate surface area is 105 Å². The van der Waals surface area contributed by atoms with Crippen LogP contribution in [0.5, 0.6) is 0 Å². The number of hydrogen-bond acceptors (Lipinski definition) is 1. The molecule has 1 aromatic rings. The van der Waals surface area contributed by atoms with Gasteiger partial charge in [0.25, 0.3) is 0 Å². The smallest absolute Gasteiger partial charge is 0.0141 e. The fourth-order valence-electron chi connectivity index (χ4n) is 4.12. The van der Waals surface area contributed by atoms with Gasteiger partial charge < -0.3 is 0 Å². The summed E-state index contributed by atoms with van der Waals surface area (Å²) in [6.07, 6.45) is 2.74. The maximum atomic E-state index is 2.68. The lowest BCUT2D eigenvalue weighted by atomic mass is 9.60. The highest BCUT2D eigenvalue weighted by atomic mass is 15.2. The minimum atomic E-state index is 0.528. The molecule has 1 nitrogen and oxygen atoms in total. The normalized spacial score (nSPS) is 40.5. The van der Waals surface area contributed by atoms with E-state index < -0.39 is 0 Å². The first-order valence-electron chi connectivity index (χ1n) is 6.91. The third kappa shape index (κ3) is 1.63. The lowest BCUT2D eigenvalue weighted by Crippen LogP contribution is -2.57. The van der Waals surface area contributed by atoms with Crippen LogP contribution in [0.3, 0.4) is 0 Å². The summed E-state index contributed by atoms with van der Waals surface area (Å²) in [4.78, 5) is 2.68. The van der Waals surface area contributed by atoms with Gasteiger partial charge >= 0.3 is 0 Å². The second-order valence-corrected chi connectivity index (χ2v) is 6.26. The van der Waals surface area contributed by atoms with Gasteiger partial charge in [0, 0.05) is 12.0 Å². The molecule has 3 aliphatic heterocycles. The predicted molar refractivity (Wildman–Crippen MR) is 72.3 cm³/mol. The molecule has 4 rings (SSSR count). The second kappa shape index (κ2) is 3.84. The highest BCUT2D eigenvalue weighted by Gasteiger charge is 2.48. The molecule has 3 saturated heterocycles. The molecule has 1 unspecified atom stereocenters. The first-order chi connectivity index (χ1) is 8.12. The Bertz CT molecular complexity index is 415. The van der Waals surface area contributed by atoms with E-state index in [9.17, 15) is 0 Å². The minimum absolute atomic E-state index is 0.528. The van der Waals surface area contributed by atoms with E-state index in [1.54, 1.807) is 5.56 Å². The van der Waals surface area contributed by atoms with Crippen molar-refractivity contribution in [3.05, 3.63) is 35.4 Å². The topological polar surface area (TPSA) is 3.24 Å². The molecule has 0 spiro atoms. The van der Waals surface area contributed by atoms with Crippen LogP contribution in [-0.4, -0.2) is 24.0 Å². The summed E-state index contributed by atoms with van der Waals surface area (Å²) in [6, 6.07) is 9.69. The zero-order valence-electron chi connectivity index (χ0n) is 11.2. The molecule has 0 N–H and O–H groups in total. The van der Waals surface area contributed by atoms with Gasteiger partial charge in [-0.05, 0) is 56.3 Å². The Hall–Kier alpha value is -0.820. The SMILES string of the molecule is Cc1ccccc1C1[C@@H](C)N2CCC1(C)CC2. The van der Waals surface area contributed by atoms with Gasteiger partial charge in [-0.2, -0.15) is 0 Å². The fourth-order valence-corrected chi connectivity index (χ4v) is 4.12. The van der Waals surface area contributed by atoms with Crippen molar-refractivity contribution in [3.63, 3.8) is 0 Å². The molecule has 3 heterocycles. The summed E-state index contributed by atoms with van der Waals surface area (Å²) in [5, 5.41) is 0. The highest BCUT2D eigenvalue weighted by Crippen LogP contribution is 2.52. The Morgan fingerprint density at radius 1 is 1.18 bits per heavy atom. The quantitative estimate of drug-likeness (QED) is 0.711. The maximum absolute atomic E-state index is 2.68. The molecular weight excluding hydrogens is 206 g/mol. The molecule has 17 heavy (non-hydrogen) atoms. The van der Waals surface area contributed by atoms with Crippen molar-refractivity contribution in [1.82, 2.24) is 4.90 Å². The number of benzene rings is 1. The van der Waals surface area contributed by atoms with Crippen molar-refractivity contribution in [2.75, 3.05) is 13.1 Å². The first kappa shape index (κ1) is 11.3. The molecule has 2 bridgehead atoms. The maximum Gasteiger partial charge on any atom is 0.0141 e. The molecule has 1 heteroatoms. The molecule has 0 aliphatic carbocycles. The summed E-state index contributed by atoms with van der Waals surface area (Å²) in [5.74, 6) is 0.728. The van der Waals surface area contributed by atoms with Crippen LogP contribution in [0.1, 0.15) is 43.7 Å². The number of hydrogen-bond donors (Lipinski definition) is 0. The van der Waals surface area contributed by atoms with E-state index in [0.29, 0.717) is 11.5 Å². The number of piperidine rings is 3. The molecule has 0 saturated carbocycles. The largest absolute Gasteiger partial charge is 0.300 e. The molecule has 0 aromatic heterocycles. The van der Waals surface area contributed by atoms with Crippen LogP contribution >= 0.6 is 0 Å². The summed E-state index contributed by atoms with van der Waals surface area (Å²) in [6.45, 7) is 9.81. The van der Waals surface area contributed by atoms with E-state index in [1.807, 2.05) is 0 Å². The molecule has 3 aliphatic rings. The molecule has 1 aromatic carbocycles. The number of fused-ring (bicyclic) bond motifs is 3. The van der Waals surface area contributed by atoms with Gasteiger partial charge in [0.1, 0.15) is 0 Å². The van der Waals surface area contributed by atoms with E-state index in [-0.39, 0.29) is 0 Å². The molecule has 92 valence electrons. The monoisotopic (exact) mass is 229 g/mol. The van der Waals surface area contributed by atoms with Crippen molar-refractivity contribution in [2.24, 2.45) is 5.41 Å². The third-order valence-corrected chi connectivity index (χ3v) is 5.27. The van der Waals surface area contributed by atoms with Crippen LogP contribution in [0.2, 0.25) is 0 Å². The summed E-state index contributed by atoms with van der Waals surface area (Å²) in [5.41, 5.74) is 3.59. The first-order valence-corrected chi connectivity index (χ1v) is 6.91. The standard InChI is InChI=1S/C16H23N/c1-12-6-4-5-7-14(12)15-13(2)17-10-8-16(15,3)9-11-17/h4-7,13,15H,8-11H2,1-3H3/t13-,15?/m1/s1. The van der Waals surface area contributed by atoms with E-state index in [4.69, 9.17) is 0 Å². The average molecular weight is 229 g/mol. The van der Waals surface area contributed by atoms with Crippen molar-refractivity contribution < 1.29 is 0 Å². The molecule has 0 radical (unpaired) electrons. The number of rotatable bonds is 1. The van der Waals surface area contributed by atoms with E-state index in [1.165, 1.54) is 31.5 Å². The molecule has 3 fully saturated rings. The van der Waals surface area contributed by atoms with Crippen molar-refractivity contribution >= 4 is 0 Å². The van der Waals surface area contributed by atoms with Crippen LogP contribution in [-0.2, 0) is 0 Å². The third-order valence-electron chi connectivity index (χ3n) is 5.27. The molecule has 2 atom stereocenters. The molecular formula is C16H23N. The van der Waals surface area contributed by atoms with Gasteiger partial charge in [-0.15, -0.1) is 0 Å². The van der Waals surface area contributed by atoms with E-state index in [2.05, 4.69) is 49.9 Å². The Kier molecular flexibility index (Phi) is 2.55.